The molecule has 7 heteroatoms. The second-order valence-corrected chi connectivity index (χ2v) is 7.22. The smallest absolute Gasteiger partial charge is 0.267 e. The fraction of sp³-hybridized carbons (Fsp3) is 0.304. The Kier molecular flexibility index (Phi) is 7.45. The van der Waals surface area contributed by atoms with Gasteiger partial charge in [-0.05, 0) is 48.2 Å². The van der Waals surface area contributed by atoms with Crippen LogP contribution >= 0.6 is 0 Å². The van der Waals surface area contributed by atoms with Crippen molar-refractivity contribution in [1.29, 1.82) is 0 Å². The highest BCUT2D eigenvalue weighted by atomic mass is 16.5. The maximum Gasteiger partial charge on any atom is 0.267 e. The average Bonchev–Trinajstić information content (AvgIpc) is 2.78. The van der Waals surface area contributed by atoms with E-state index in [9.17, 15) is 9.59 Å². The molecule has 0 aromatic heterocycles. The zero-order valence-electron chi connectivity index (χ0n) is 17.0. The predicted octanol–water partition coefficient (Wildman–Crippen LogP) is 2.54. The lowest BCUT2D eigenvalue weighted by Crippen LogP contribution is -2.45. The van der Waals surface area contributed by atoms with Gasteiger partial charge < -0.3 is 15.0 Å². The molecule has 158 valence electrons. The number of methoxy groups -OCH3 is 1. The van der Waals surface area contributed by atoms with Crippen LogP contribution in [-0.4, -0.2) is 43.3 Å². The van der Waals surface area contributed by atoms with Crippen LogP contribution in [-0.2, 0) is 16.0 Å². The number of hydroxylamine groups is 1. The van der Waals surface area contributed by atoms with E-state index >= 15 is 0 Å². The molecular formula is C23H27N3O4. The number of para-hydroxylation sites is 1. The zero-order chi connectivity index (χ0) is 21.3. The summed E-state index contributed by atoms with van der Waals surface area (Å²) in [4.78, 5) is 25.9. The Bertz CT molecular complexity index is 888. The largest absolute Gasteiger partial charge is 0.497 e. The molecule has 30 heavy (non-hydrogen) atoms. The Morgan fingerprint density at radius 3 is 2.50 bits per heavy atom. The molecule has 0 saturated carbocycles. The van der Waals surface area contributed by atoms with Crippen LogP contribution in [0.1, 0.15) is 24.0 Å². The van der Waals surface area contributed by atoms with E-state index < -0.39 is 5.91 Å². The number of benzene rings is 2. The molecule has 1 fully saturated rings. The highest BCUT2D eigenvalue weighted by Gasteiger charge is 2.22. The molecule has 2 aromatic rings. The number of carbonyl (C=O) groups is 2. The molecule has 0 spiro atoms. The molecule has 0 bridgehead atoms. The van der Waals surface area contributed by atoms with Gasteiger partial charge >= 0.3 is 0 Å². The van der Waals surface area contributed by atoms with Crippen molar-refractivity contribution in [1.82, 2.24) is 10.8 Å². The molecule has 0 radical (unpaired) electrons. The van der Waals surface area contributed by atoms with Gasteiger partial charge in [-0.15, -0.1) is 0 Å². The zero-order valence-corrected chi connectivity index (χ0v) is 17.0. The summed E-state index contributed by atoms with van der Waals surface area (Å²) in [5.74, 6) is 0.235. The average molecular weight is 409 g/mol. The van der Waals surface area contributed by atoms with Gasteiger partial charge in [-0.1, -0.05) is 30.3 Å². The van der Waals surface area contributed by atoms with E-state index in [2.05, 4.69) is 10.2 Å². The lowest BCUT2D eigenvalue weighted by Gasteiger charge is -2.34. The van der Waals surface area contributed by atoms with Crippen molar-refractivity contribution in [2.45, 2.75) is 25.3 Å². The summed E-state index contributed by atoms with van der Waals surface area (Å²) in [6.45, 7) is 1.62. The summed E-state index contributed by atoms with van der Waals surface area (Å²) in [5.41, 5.74) is 4.49. The first-order chi connectivity index (χ1) is 14.6. The summed E-state index contributed by atoms with van der Waals surface area (Å²) in [6.07, 6.45) is 5.03. The summed E-state index contributed by atoms with van der Waals surface area (Å²) >= 11 is 0. The van der Waals surface area contributed by atoms with E-state index in [-0.39, 0.29) is 11.9 Å². The number of nitrogens with one attached hydrogen (secondary N) is 2. The van der Waals surface area contributed by atoms with Gasteiger partial charge in [-0.3, -0.25) is 14.8 Å². The number of piperidine rings is 1. The molecule has 1 aliphatic rings. The quantitative estimate of drug-likeness (QED) is 0.371. The van der Waals surface area contributed by atoms with E-state index in [0.717, 1.165) is 48.5 Å². The van der Waals surface area contributed by atoms with Gasteiger partial charge in [-0.25, -0.2) is 5.48 Å². The van der Waals surface area contributed by atoms with Crippen molar-refractivity contribution in [3.8, 4) is 5.75 Å². The minimum atomic E-state index is -0.567. The first-order valence-corrected chi connectivity index (χ1v) is 9.97. The van der Waals surface area contributed by atoms with Gasteiger partial charge in [0.1, 0.15) is 5.75 Å². The van der Waals surface area contributed by atoms with Crippen molar-refractivity contribution in [3.05, 3.63) is 65.7 Å². The fourth-order valence-electron chi connectivity index (χ4n) is 3.59. The number of carbonyl (C=O) groups excluding carboxylic acids is 2. The van der Waals surface area contributed by atoms with Crippen molar-refractivity contribution in [2.75, 3.05) is 25.1 Å². The topological polar surface area (TPSA) is 90.9 Å². The first-order valence-electron chi connectivity index (χ1n) is 9.97. The van der Waals surface area contributed by atoms with Crippen molar-refractivity contribution >= 4 is 23.6 Å². The molecule has 3 rings (SSSR count). The van der Waals surface area contributed by atoms with Gasteiger partial charge in [-0.2, -0.15) is 0 Å². The molecule has 7 nitrogen and oxygen atoms in total. The van der Waals surface area contributed by atoms with E-state index in [4.69, 9.17) is 9.94 Å². The van der Waals surface area contributed by atoms with Crippen molar-refractivity contribution in [2.24, 2.45) is 0 Å². The van der Waals surface area contributed by atoms with Crippen LogP contribution in [0.5, 0.6) is 5.75 Å². The SMILES string of the molecule is COc1ccc(CC(=O)NC2CCN(c3ccccc3/C=C/C(=O)NO)CC2)cc1. The Morgan fingerprint density at radius 1 is 1.13 bits per heavy atom. The fourth-order valence-corrected chi connectivity index (χ4v) is 3.59. The van der Waals surface area contributed by atoms with Crippen molar-refractivity contribution in [3.63, 3.8) is 0 Å². The third kappa shape index (κ3) is 5.84. The van der Waals surface area contributed by atoms with Crippen molar-refractivity contribution < 1.29 is 19.5 Å². The number of anilines is 1. The number of hydrogen-bond donors (Lipinski definition) is 3. The van der Waals surface area contributed by atoms with Crippen LogP contribution in [0.15, 0.2) is 54.6 Å². The van der Waals surface area contributed by atoms with Crippen LogP contribution in [0.25, 0.3) is 6.08 Å². The van der Waals surface area contributed by atoms with Crippen LogP contribution in [0.2, 0.25) is 0 Å². The Balaban J connectivity index is 1.53. The van der Waals surface area contributed by atoms with E-state index in [1.165, 1.54) is 6.08 Å². The number of hydrogen-bond acceptors (Lipinski definition) is 5. The summed E-state index contributed by atoms with van der Waals surface area (Å²) in [5, 5.41) is 11.8. The van der Waals surface area contributed by atoms with Gasteiger partial charge in [0.2, 0.25) is 5.91 Å². The minimum Gasteiger partial charge on any atom is -0.497 e. The van der Waals surface area contributed by atoms with Gasteiger partial charge in [0.15, 0.2) is 0 Å². The third-order valence-corrected chi connectivity index (χ3v) is 5.19. The molecule has 2 amide bonds. The third-order valence-electron chi connectivity index (χ3n) is 5.19. The number of rotatable bonds is 7. The Hall–Kier alpha value is -3.32. The van der Waals surface area contributed by atoms with Crippen LogP contribution in [0, 0.1) is 0 Å². The summed E-state index contributed by atoms with van der Waals surface area (Å²) < 4.78 is 5.14. The number of nitrogens with zero attached hydrogens (tertiary/aromatic N) is 1. The standard InChI is InChI=1S/C23H27N3O4/c1-30-20-9-6-17(7-10-20)16-23(28)24-19-12-14-26(15-13-19)21-5-3-2-4-18(21)8-11-22(27)25-29/h2-11,19,29H,12-16H2,1H3,(H,24,28)(H,25,27)/b11-8+. The molecule has 3 N–H and O–H groups in total. The minimum absolute atomic E-state index is 0.0250. The maximum atomic E-state index is 12.4. The Labute approximate surface area is 176 Å². The monoisotopic (exact) mass is 409 g/mol. The van der Waals surface area contributed by atoms with Crippen LogP contribution in [0.4, 0.5) is 5.69 Å². The van der Waals surface area contributed by atoms with Gasteiger partial charge in [0.25, 0.3) is 5.91 Å². The second-order valence-electron chi connectivity index (χ2n) is 7.22. The van der Waals surface area contributed by atoms with E-state index in [1.807, 2.05) is 48.5 Å². The Morgan fingerprint density at radius 2 is 1.83 bits per heavy atom. The lowest BCUT2D eigenvalue weighted by molar-refractivity contribution is -0.124. The highest BCUT2D eigenvalue weighted by molar-refractivity contribution is 5.91. The summed E-state index contributed by atoms with van der Waals surface area (Å²) in [7, 11) is 1.62. The highest BCUT2D eigenvalue weighted by Crippen LogP contribution is 2.25. The normalized spacial score (nSPS) is 14.5. The molecule has 1 aliphatic heterocycles. The molecule has 1 saturated heterocycles. The van der Waals surface area contributed by atoms with Gasteiger partial charge in [0, 0.05) is 30.9 Å². The lowest BCUT2D eigenvalue weighted by atomic mass is 10.0. The molecule has 0 atom stereocenters. The molecular weight excluding hydrogens is 382 g/mol. The number of ether oxygens (including phenoxy) is 1. The molecule has 0 aliphatic carbocycles. The second kappa shape index (κ2) is 10.5. The van der Waals surface area contributed by atoms with Crippen LogP contribution < -0.4 is 20.4 Å². The van der Waals surface area contributed by atoms with E-state index in [0.29, 0.717) is 6.42 Å². The predicted molar refractivity (Wildman–Crippen MR) is 115 cm³/mol. The number of amides is 2. The molecule has 2 aromatic carbocycles. The summed E-state index contributed by atoms with van der Waals surface area (Å²) in [6, 6.07) is 15.5. The molecule has 0 unspecified atom stereocenters. The maximum absolute atomic E-state index is 12.4. The van der Waals surface area contributed by atoms with E-state index in [1.54, 1.807) is 18.7 Å². The first kappa shape index (κ1) is 21.4. The molecule has 1 heterocycles. The van der Waals surface area contributed by atoms with Crippen LogP contribution in [0.3, 0.4) is 0 Å². The van der Waals surface area contributed by atoms with Gasteiger partial charge in [0.05, 0.1) is 13.5 Å².